The van der Waals surface area contributed by atoms with Crippen molar-refractivity contribution in [2.24, 2.45) is 5.92 Å². The zero-order chi connectivity index (χ0) is 14.9. The van der Waals surface area contributed by atoms with E-state index in [1.165, 1.54) is 17.1 Å². The van der Waals surface area contributed by atoms with Crippen molar-refractivity contribution in [1.82, 2.24) is 4.31 Å². The van der Waals surface area contributed by atoms with E-state index in [9.17, 15) is 8.42 Å². The molecule has 1 saturated carbocycles. The summed E-state index contributed by atoms with van der Waals surface area (Å²) in [5.74, 6) is 0.497. The van der Waals surface area contributed by atoms with Crippen molar-refractivity contribution in [3.63, 3.8) is 0 Å². The first-order valence-corrected chi connectivity index (χ1v) is 8.59. The number of rotatable bonds is 4. The Hall–Kier alpha value is -1.07. The minimum Gasteiger partial charge on any atom is -0.399 e. The zero-order valence-corrected chi connectivity index (χ0v) is 13.3. The van der Waals surface area contributed by atoms with E-state index in [1.807, 2.05) is 19.9 Å². The van der Waals surface area contributed by atoms with Gasteiger partial charge in [-0.3, -0.25) is 0 Å². The Morgan fingerprint density at radius 2 is 1.85 bits per heavy atom. The summed E-state index contributed by atoms with van der Waals surface area (Å²) in [6, 6.07) is 3.38. The van der Waals surface area contributed by atoms with Crippen LogP contribution in [0.4, 0.5) is 5.69 Å². The lowest BCUT2D eigenvalue weighted by Crippen LogP contribution is -2.31. The summed E-state index contributed by atoms with van der Waals surface area (Å²) in [4.78, 5) is 0.343. The summed E-state index contributed by atoms with van der Waals surface area (Å²) < 4.78 is 26.9. The van der Waals surface area contributed by atoms with Gasteiger partial charge < -0.3 is 5.73 Å². The second-order valence-corrected chi connectivity index (χ2v) is 7.91. The van der Waals surface area contributed by atoms with Crippen LogP contribution in [0.5, 0.6) is 0 Å². The van der Waals surface area contributed by atoms with Crippen LogP contribution in [0.3, 0.4) is 0 Å². The predicted octanol–water partition coefficient (Wildman–Crippen LogP) is 2.70. The normalized spacial score (nSPS) is 17.0. The van der Waals surface area contributed by atoms with Gasteiger partial charge in [0.05, 0.1) is 4.90 Å². The van der Waals surface area contributed by atoms with E-state index in [0.717, 1.165) is 24.0 Å². The Morgan fingerprint density at radius 1 is 1.25 bits per heavy atom. The van der Waals surface area contributed by atoms with Crippen LogP contribution >= 0.6 is 0 Å². The molecular weight excluding hydrogens is 272 g/mol. The summed E-state index contributed by atoms with van der Waals surface area (Å²) in [7, 11) is -1.78. The molecule has 0 amide bonds. The van der Waals surface area contributed by atoms with Crippen LogP contribution in [0.15, 0.2) is 17.0 Å². The number of sulfonamides is 1. The van der Waals surface area contributed by atoms with Crippen molar-refractivity contribution in [1.29, 1.82) is 0 Å². The molecule has 2 rings (SSSR count). The van der Waals surface area contributed by atoms with E-state index >= 15 is 0 Å². The van der Waals surface area contributed by atoms with Gasteiger partial charge in [0.15, 0.2) is 0 Å². The summed E-state index contributed by atoms with van der Waals surface area (Å²) in [6.45, 7) is 4.34. The first-order chi connectivity index (χ1) is 9.32. The van der Waals surface area contributed by atoms with Gasteiger partial charge in [0.1, 0.15) is 0 Å². The molecule has 0 spiro atoms. The molecule has 0 aromatic heterocycles. The number of nitrogen functional groups attached to an aromatic ring is 1. The van der Waals surface area contributed by atoms with E-state index in [4.69, 9.17) is 5.73 Å². The van der Waals surface area contributed by atoms with Gasteiger partial charge in [-0.15, -0.1) is 0 Å². The fraction of sp³-hybridized carbons (Fsp3) is 0.600. The van der Waals surface area contributed by atoms with Crippen LogP contribution in [0.1, 0.15) is 36.8 Å². The third-order valence-corrected chi connectivity index (χ3v) is 6.27. The Kier molecular flexibility index (Phi) is 4.39. The van der Waals surface area contributed by atoms with E-state index in [1.54, 1.807) is 13.1 Å². The molecule has 1 aliphatic carbocycles. The van der Waals surface area contributed by atoms with Gasteiger partial charge in [0.2, 0.25) is 10.0 Å². The number of nitrogens with zero attached hydrogens (tertiary/aromatic N) is 1. The second-order valence-electron chi connectivity index (χ2n) is 5.90. The van der Waals surface area contributed by atoms with Crippen molar-refractivity contribution in [3.05, 3.63) is 23.3 Å². The molecule has 0 aliphatic heterocycles. The Morgan fingerprint density at radius 3 is 2.45 bits per heavy atom. The van der Waals surface area contributed by atoms with Gasteiger partial charge in [-0.1, -0.05) is 12.8 Å². The van der Waals surface area contributed by atoms with Crippen LogP contribution < -0.4 is 5.73 Å². The molecule has 1 aliphatic rings. The van der Waals surface area contributed by atoms with Crippen molar-refractivity contribution in [2.45, 2.75) is 44.4 Å². The molecule has 0 unspecified atom stereocenters. The smallest absolute Gasteiger partial charge is 0.243 e. The standard InChI is InChI=1S/C15H24N2O2S/c1-11-8-14(16)9-15(12(11)2)20(18,19)17(3)10-13-6-4-5-7-13/h8-9,13H,4-7,10,16H2,1-3H3. The maximum Gasteiger partial charge on any atom is 0.243 e. The molecule has 1 aromatic carbocycles. The van der Waals surface area contributed by atoms with E-state index in [-0.39, 0.29) is 0 Å². The SMILES string of the molecule is Cc1cc(N)cc(S(=O)(=O)N(C)CC2CCCC2)c1C. The van der Waals surface area contributed by atoms with Gasteiger partial charge in [0, 0.05) is 19.3 Å². The molecule has 5 heteroatoms. The third-order valence-electron chi connectivity index (χ3n) is 4.32. The monoisotopic (exact) mass is 296 g/mol. The van der Waals surface area contributed by atoms with Crippen molar-refractivity contribution >= 4 is 15.7 Å². The van der Waals surface area contributed by atoms with Crippen molar-refractivity contribution < 1.29 is 8.42 Å². The lowest BCUT2D eigenvalue weighted by molar-refractivity contribution is 0.387. The summed E-state index contributed by atoms with van der Waals surface area (Å²) in [5.41, 5.74) is 8.01. The van der Waals surface area contributed by atoms with Gasteiger partial charge in [-0.25, -0.2) is 12.7 Å². The second kappa shape index (κ2) is 5.74. The molecule has 0 bridgehead atoms. The molecule has 0 radical (unpaired) electrons. The topological polar surface area (TPSA) is 63.4 Å². The predicted molar refractivity (Wildman–Crippen MR) is 82.1 cm³/mol. The van der Waals surface area contributed by atoms with E-state index in [0.29, 0.717) is 23.0 Å². The molecule has 1 aromatic rings. The van der Waals surface area contributed by atoms with Gasteiger partial charge in [-0.2, -0.15) is 0 Å². The number of nitrogens with two attached hydrogens (primary N) is 1. The molecule has 0 saturated heterocycles. The average molecular weight is 296 g/mol. The Balaban J connectivity index is 2.29. The molecule has 0 atom stereocenters. The molecule has 20 heavy (non-hydrogen) atoms. The van der Waals surface area contributed by atoms with Crippen molar-refractivity contribution in [3.8, 4) is 0 Å². The quantitative estimate of drug-likeness (QED) is 0.869. The van der Waals surface area contributed by atoms with E-state index < -0.39 is 10.0 Å². The molecule has 0 heterocycles. The number of benzene rings is 1. The maximum atomic E-state index is 12.7. The fourth-order valence-electron chi connectivity index (χ4n) is 2.94. The van der Waals surface area contributed by atoms with Gasteiger partial charge in [0.25, 0.3) is 0 Å². The Bertz CT molecular complexity index is 590. The van der Waals surface area contributed by atoms with Crippen LogP contribution in [0.25, 0.3) is 0 Å². The van der Waals surface area contributed by atoms with Crippen LogP contribution in [0, 0.1) is 19.8 Å². The number of anilines is 1. The maximum absolute atomic E-state index is 12.7. The van der Waals surface area contributed by atoms with Crippen molar-refractivity contribution in [2.75, 3.05) is 19.3 Å². The zero-order valence-electron chi connectivity index (χ0n) is 12.5. The van der Waals surface area contributed by atoms with Crippen LogP contribution in [-0.2, 0) is 10.0 Å². The highest BCUT2D eigenvalue weighted by Crippen LogP contribution is 2.29. The minimum absolute atomic E-state index is 0.343. The van der Waals surface area contributed by atoms with Gasteiger partial charge >= 0.3 is 0 Å². The van der Waals surface area contributed by atoms with Gasteiger partial charge in [-0.05, 0) is 55.9 Å². The Labute approximate surface area is 122 Å². The highest BCUT2D eigenvalue weighted by Gasteiger charge is 2.27. The van der Waals surface area contributed by atoms with Crippen LogP contribution in [0.2, 0.25) is 0 Å². The summed E-state index contributed by atoms with van der Waals surface area (Å²) in [6.07, 6.45) is 4.70. The fourth-order valence-corrected chi connectivity index (χ4v) is 4.52. The lowest BCUT2D eigenvalue weighted by Gasteiger charge is -2.22. The highest BCUT2D eigenvalue weighted by molar-refractivity contribution is 7.89. The summed E-state index contributed by atoms with van der Waals surface area (Å²) in [5, 5.41) is 0. The average Bonchev–Trinajstić information content (AvgIpc) is 2.86. The third kappa shape index (κ3) is 2.99. The minimum atomic E-state index is -3.45. The first-order valence-electron chi connectivity index (χ1n) is 7.15. The number of hydrogen-bond acceptors (Lipinski definition) is 3. The number of hydrogen-bond donors (Lipinski definition) is 1. The molecule has 1 fully saturated rings. The van der Waals surface area contributed by atoms with E-state index in [2.05, 4.69) is 0 Å². The highest BCUT2D eigenvalue weighted by atomic mass is 32.2. The molecule has 4 nitrogen and oxygen atoms in total. The first kappa shape index (κ1) is 15.3. The number of aryl methyl sites for hydroxylation is 1. The molecular formula is C15H24N2O2S. The largest absolute Gasteiger partial charge is 0.399 e. The molecule has 2 N–H and O–H groups in total. The molecule has 112 valence electrons. The lowest BCUT2D eigenvalue weighted by atomic mass is 10.1. The van der Waals surface area contributed by atoms with Crippen LogP contribution in [-0.4, -0.2) is 26.3 Å². The summed E-state index contributed by atoms with van der Waals surface area (Å²) >= 11 is 0.